The van der Waals surface area contributed by atoms with Crippen LogP contribution in [0.3, 0.4) is 0 Å². The minimum atomic E-state index is -3.59. The van der Waals surface area contributed by atoms with Crippen LogP contribution in [0.2, 0.25) is 0 Å². The van der Waals surface area contributed by atoms with Crippen molar-refractivity contribution in [3.63, 3.8) is 0 Å². The zero-order valence-electron chi connectivity index (χ0n) is 29.5. The summed E-state index contributed by atoms with van der Waals surface area (Å²) in [6.07, 6.45) is 8.43. The molecule has 5 aromatic carbocycles. The van der Waals surface area contributed by atoms with E-state index in [4.69, 9.17) is 0 Å². The van der Waals surface area contributed by atoms with Gasteiger partial charge in [-0.25, -0.2) is 8.42 Å². The molecule has 0 fully saturated rings. The predicted octanol–water partition coefficient (Wildman–Crippen LogP) is 9.37. The monoisotopic (exact) mass is 680 g/mol. The van der Waals surface area contributed by atoms with Crippen LogP contribution in [0, 0.1) is 6.92 Å². The van der Waals surface area contributed by atoms with Gasteiger partial charge in [0.2, 0.25) is 10.0 Å². The molecule has 4 nitrogen and oxygen atoms in total. The Kier molecular flexibility index (Phi) is 11.6. The molecule has 50 heavy (non-hydrogen) atoms. The first-order chi connectivity index (χ1) is 24.3. The molecule has 5 aromatic rings. The largest absolute Gasteiger partial charge is 0.312 e. The maximum Gasteiger partial charge on any atom is 0.243 e. The average molecular weight is 681 g/mol. The fourth-order valence-corrected chi connectivity index (χ4v) is 8.33. The molecule has 2 aliphatic rings. The van der Waals surface area contributed by atoms with E-state index < -0.39 is 10.0 Å². The summed E-state index contributed by atoms with van der Waals surface area (Å²) in [5.74, 6) is 0. The summed E-state index contributed by atoms with van der Waals surface area (Å²) in [5, 5.41) is 3.54. The summed E-state index contributed by atoms with van der Waals surface area (Å²) >= 11 is 0. The fraction of sp³-hybridized carbons (Fsp3) is 0.244. The van der Waals surface area contributed by atoms with Crippen LogP contribution in [0.4, 0.5) is 0 Å². The number of rotatable bonds is 12. The van der Waals surface area contributed by atoms with Crippen LogP contribution in [0.5, 0.6) is 0 Å². The van der Waals surface area contributed by atoms with E-state index in [1.54, 1.807) is 16.4 Å². The third-order valence-electron chi connectivity index (χ3n) is 9.57. The van der Waals surface area contributed by atoms with Crippen molar-refractivity contribution >= 4 is 22.2 Å². The van der Waals surface area contributed by atoms with Crippen molar-refractivity contribution in [1.82, 2.24) is 9.62 Å². The molecular weight excluding hydrogens is 633 g/mol. The number of allylic oxidation sites excluding steroid dienone is 2. The Hall–Kier alpha value is -4.55. The first kappa shape index (κ1) is 35.3. The summed E-state index contributed by atoms with van der Waals surface area (Å²) in [5.41, 5.74) is 14.5. The van der Waals surface area contributed by atoms with Gasteiger partial charge in [0.15, 0.2) is 0 Å². The van der Waals surface area contributed by atoms with Gasteiger partial charge in [0, 0.05) is 19.6 Å². The Morgan fingerprint density at radius 1 is 0.600 bits per heavy atom. The van der Waals surface area contributed by atoms with E-state index in [1.807, 2.05) is 49.4 Å². The van der Waals surface area contributed by atoms with Crippen molar-refractivity contribution in [3.05, 3.63) is 183 Å². The lowest BCUT2D eigenvalue weighted by Crippen LogP contribution is -2.32. The van der Waals surface area contributed by atoms with E-state index in [9.17, 15) is 8.42 Å². The Morgan fingerprint density at radius 3 is 1.72 bits per heavy atom. The molecule has 0 bridgehead atoms. The maximum atomic E-state index is 13.5. The van der Waals surface area contributed by atoms with Crippen molar-refractivity contribution in [2.75, 3.05) is 13.1 Å². The van der Waals surface area contributed by atoms with Gasteiger partial charge >= 0.3 is 0 Å². The number of sulfonamides is 1. The van der Waals surface area contributed by atoms with Gasteiger partial charge in [-0.05, 0) is 110 Å². The second-order valence-electron chi connectivity index (χ2n) is 13.6. The molecule has 0 heterocycles. The molecule has 0 aromatic heterocycles. The van der Waals surface area contributed by atoms with Crippen molar-refractivity contribution in [1.29, 1.82) is 0 Å². The van der Waals surface area contributed by atoms with Gasteiger partial charge in [-0.1, -0.05) is 138 Å². The first-order valence-electron chi connectivity index (χ1n) is 17.7. The molecule has 256 valence electrons. The highest BCUT2D eigenvalue weighted by Gasteiger charge is 2.25. The minimum absolute atomic E-state index is 0.347. The van der Waals surface area contributed by atoms with Crippen LogP contribution in [0.1, 0.15) is 63.9 Å². The van der Waals surface area contributed by atoms with Crippen LogP contribution >= 0.6 is 0 Å². The van der Waals surface area contributed by atoms with Gasteiger partial charge < -0.3 is 5.32 Å². The van der Waals surface area contributed by atoms with E-state index in [2.05, 4.69) is 98.0 Å². The normalized spacial score (nSPS) is 13.3. The SMILES string of the molecule is CC1=Cc2cccc(CCN(Cc3ccccc3)S(=O)(=O)c3ccc(C)cc3)c2C1.CC1=Cc2cccc(CCNCc3ccccc3)c2C1. The summed E-state index contributed by atoms with van der Waals surface area (Å²) in [6.45, 7) is 9.12. The molecule has 2 aliphatic carbocycles. The van der Waals surface area contributed by atoms with Gasteiger partial charge in [-0.15, -0.1) is 0 Å². The molecule has 0 saturated heterocycles. The second-order valence-corrected chi connectivity index (χ2v) is 15.5. The molecule has 0 spiro atoms. The van der Waals surface area contributed by atoms with Gasteiger partial charge in [-0.2, -0.15) is 4.31 Å². The average Bonchev–Trinajstić information content (AvgIpc) is 3.71. The third kappa shape index (κ3) is 8.97. The highest BCUT2D eigenvalue weighted by Crippen LogP contribution is 2.29. The fourth-order valence-electron chi connectivity index (χ4n) is 6.90. The van der Waals surface area contributed by atoms with Crippen molar-refractivity contribution in [2.24, 2.45) is 0 Å². The molecule has 0 atom stereocenters. The van der Waals surface area contributed by atoms with E-state index >= 15 is 0 Å². The van der Waals surface area contributed by atoms with Crippen molar-refractivity contribution in [2.45, 2.75) is 64.4 Å². The molecule has 5 heteroatoms. The van der Waals surface area contributed by atoms with Gasteiger partial charge in [0.25, 0.3) is 0 Å². The number of hydrogen-bond acceptors (Lipinski definition) is 3. The Morgan fingerprint density at radius 2 is 1.14 bits per heavy atom. The number of aryl methyl sites for hydroxylation is 1. The number of nitrogens with zero attached hydrogens (tertiary/aromatic N) is 1. The lowest BCUT2D eigenvalue weighted by Gasteiger charge is -2.23. The van der Waals surface area contributed by atoms with Gasteiger partial charge in [0.05, 0.1) is 4.90 Å². The zero-order valence-corrected chi connectivity index (χ0v) is 30.3. The van der Waals surface area contributed by atoms with Gasteiger partial charge in [-0.3, -0.25) is 0 Å². The predicted molar refractivity (Wildman–Crippen MR) is 208 cm³/mol. The molecule has 0 amide bonds. The summed E-state index contributed by atoms with van der Waals surface area (Å²) in [6, 6.07) is 40.5. The highest BCUT2D eigenvalue weighted by atomic mass is 32.2. The molecule has 0 unspecified atom stereocenters. The number of hydrogen-bond donors (Lipinski definition) is 1. The highest BCUT2D eigenvalue weighted by molar-refractivity contribution is 7.89. The topological polar surface area (TPSA) is 49.4 Å². The smallest absolute Gasteiger partial charge is 0.243 e. The van der Waals surface area contributed by atoms with Crippen LogP contribution in [-0.4, -0.2) is 25.8 Å². The van der Waals surface area contributed by atoms with E-state index in [-0.39, 0.29) is 0 Å². The van der Waals surface area contributed by atoms with Crippen LogP contribution in [-0.2, 0) is 48.8 Å². The van der Waals surface area contributed by atoms with Crippen molar-refractivity contribution in [3.8, 4) is 0 Å². The number of fused-ring (bicyclic) bond motifs is 2. The minimum Gasteiger partial charge on any atom is -0.312 e. The van der Waals surface area contributed by atoms with E-state index in [1.165, 1.54) is 50.1 Å². The number of benzene rings is 5. The second kappa shape index (κ2) is 16.4. The lowest BCUT2D eigenvalue weighted by molar-refractivity contribution is 0.409. The molecule has 7 rings (SSSR count). The van der Waals surface area contributed by atoms with E-state index in [0.29, 0.717) is 24.4 Å². The van der Waals surface area contributed by atoms with Crippen LogP contribution in [0.25, 0.3) is 12.2 Å². The third-order valence-corrected chi connectivity index (χ3v) is 11.4. The zero-order chi connectivity index (χ0) is 34.9. The Labute approximate surface area is 299 Å². The standard InChI is InChI=1S/C26H27NO2S.C19H21N/c1-20-11-13-25(14-12-20)30(28,29)27(19-22-7-4-3-5-8-22)16-15-23-9-6-10-24-17-21(2)18-26(23)24;1-15-12-18-9-5-8-17(19(18)13-15)10-11-20-14-16-6-3-2-4-7-16/h3-14,17H,15-16,18-19H2,1-2H3;2-9,12,20H,10-11,13-14H2,1H3. The van der Waals surface area contributed by atoms with Crippen molar-refractivity contribution < 1.29 is 8.42 Å². The number of nitrogens with one attached hydrogen (secondary N) is 1. The summed E-state index contributed by atoms with van der Waals surface area (Å²) < 4.78 is 28.6. The van der Waals surface area contributed by atoms with E-state index in [0.717, 1.165) is 43.5 Å². The molecule has 0 aliphatic heterocycles. The first-order valence-corrected chi connectivity index (χ1v) is 19.1. The van der Waals surface area contributed by atoms with Crippen LogP contribution < -0.4 is 5.32 Å². The Balaban J connectivity index is 0.000000187. The quantitative estimate of drug-likeness (QED) is 0.134. The molecular formula is C45H48N2O2S. The summed E-state index contributed by atoms with van der Waals surface area (Å²) in [7, 11) is -3.59. The molecule has 1 N–H and O–H groups in total. The lowest BCUT2D eigenvalue weighted by atomic mass is 10.00. The van der Waals surface area contributed by atoms with Gasteiger partial charge in [0.1, 0.15) is 0 Å². The maximum absolute atomic E-state index is 13.5. The molecule has 0 radical (unpaired) electrons. The summed E-state index contributed by atoms with van der Waals surface area (Å²) in [4.78, 5) is 0.347. The van der Waals surface area contributed by atoms with Crippen LogP contribution in [0.15, 0.2) is 137 Å². The molecule has 0 saturated carbocycles. The Bertz CT molecular complexity index is 2070.